The summed E-state index contributed by atoms with van der Waals surface area (Å²) in [6, 6.07) is 8.03. The van der Waals surface area contributed by atoms with Gasteiger partial charge < -0.3 is 5.32 Å². The Kier molecular flexibility index (Phi) is 4.41. The lowest BCUT2D eigenvalue weighted by Gasteiger charge is -2.19. The van der Waals surface area contributed by atoms with Crippen LogP contribution in [0.3, 0.4) is 0 Å². The zero-order chi connectivity index (χ0) is 14.9. The van der Waals surface area contributed by atoms with Crippen molar-refractivity contribution in [1.29, 1.82) is 0 Å². The average Bonchev–Trinajstić information content (AvgIpc) is 2.41. The van der Waals surface area contributed by atoms with E-state index in [0.29, 0.717) is 11.1 Å². The molecule has 1 unspecified atom stereocenters. The molecule has 0 aromatic heterocycles. The van der Waals surface area contributed by atoms with E-state index >= 15 is 0 Å². The van der Waals surface area contributed by atoms with Crippen molar-refractivity contribution in [3.05, 3.63) is 69.2 Å². The zero-order valence-electron chi connectivity index (χ0n) is 11.6. The van der Waals surface area contributed by atoms with Crippen LogP contribution in [0.15, 0.2) is 30.3 Å². The molecule has 4 heteroatoms. The summed E-state index contributed by atoms with van der Waals surface area (Å²) in [5, 5.41) is 3.22. The summed E-state index contributed by atoms with van der Waals surface area (Å²) >= 11 is 5.70. The third-order valence-electron chi connectivity index (χ3n) is 3.36. The standard InChI is InChI=1S/C16H16ClF2N/c1-9-6-12(7-10(2)15(9)19)16(20-3)11-4-5-13(17)14(18)8-11/h4-8,16,20H,1-3H3. The fourth-order valence-electron chi connectivity index (χ4n) is 2.36. The maximum atomic E-state index is 13.7. The van der Waals surface area contributed by atoms with Crippen LogP contribution < -0.4 is 5.32 Å². The Morgan fingerprint density at radius 2 is 1.60 bits per heavy atom. The van der Waals surface area contributed by atoms with Crippen molar-refractivity contribution in [2.75, 3.05) is 7.05 Å². The number of nitrogens with one attached hydrogen (secondary N) is 1. The fraction of sp³-hybridized carbons (Fsp3) is 0.250. The van der Waals surface area contributed by atoms with Gasteiger partial charge in [0.1, 0.15) is 11.6 Å². The van der Waals surface area contributed by atoms with E-state index < -0.39 is 5.82 Å². The summed E-state index contributed by atoms with van der Waals surface area (Å²) in [6.45, 7) is 3.45. The average molecular weight is 296 g/mol. The molecular formula is C16H16ClF2N. The lowest BCUT2D eigenvalue weighted by atomic mass is 9.95. The fourth-order valence-corrected chi connectivity index (χ4v) is 2.48. The molecule has 106 valence electrons. The van der Waals surface area contributed by atoms with Crippen LogP contribution in [0.25, 0.3) is 0 Å². The molecule has 0 bridgehead atoms. The second kappa shape index (κ2) is 5.90. The van der Waals surface area contributed by atoms with Gasteiger partial charge in [0.15, 0.2) is 0 Å². The van der Waals surface area contributed by atoms with Gasteiger partial charge in [0, 0.05) is 0 Å². The normalized spacial score (nSPS) is 12.5. The molecule has 2 aromatic carbocycles. The van der Waals surface area contributed by atoms with Crippen molar-refractivity contribution in [1.82, 2.24) is 5.32 Å². The number of hydrogen-bond donors (Lipinski definition) is 1. The Balaban J connectivity index is 2.49. The Morgan fingerprint density at radius 3 is 2.10 bits per heavy atom. The van der Waals surface area contributed by atoms with Gasteiger partial charge in [0.25, 0.3) is 0 Å². The Hall–Kier alpha value is -1.45. The summed E-state index contributed by atoms with van der Waals surface area (Å²) < 4.78 is 27.3. The van der Waals surface area contributed by atoms with Crippen LogP contribution in [-0.2, 0) is 0 Å². The van der Waals surface area contributed by atoms with E-state index in [1.54, 1.807) is 39.1 Å². The van der Waals surface area contributed by atoms with Gasteiger partial charge in [-0.05, 0) is 55.3 Å². The highest BCUT2D eigenvalue weighted by Gasteiger charge is 2.16. The van der Waals surface area contributed by atoms with Crippen LogP contribution in [0.5, 0.6) is 0 Å². The van der Waals surface area contributed by atoms with E-state index in [2.05, 4.69) is 5.32 Å². The van der Waals surface area contributed by atoms with E-state index in [0.717, 1.165) is 11.1 Å². The molecule has 2 aromatic rings. The van der Waals surface area contributed by atoms with Gasteiger partial charge in [-0.25, -0.2) is 8.78 Å². The number of rotatable bonds is 3. The van der Waals surface area contributed by atoms with E-state index in [1.165, 1.54) is 12.1 Å². The summed E-state index contributed by atoms with van der Waals surface area (Å²) in [4.78, 5) is 0. The van der Waals surface area contributed by atoms with E-state index in [1.807, 2.05) is 0 Å². The van der Waals surface area contributed by atoms with Crippen LogP contribution >= 0.6 is 11.6 Å². The SMILES string of the molecule is CNC(c1cc(C)c(F)c(C)c1)c1ccc(Cl)c(F)c1. The minimum absolute atomic E-state index is 0.0927. The van der Waals surface area contributed by atoms with Crippen LogP contribution in [-0.4, -0.2) is 7.05 Å². The summed E-state index contributed by atoms with van der Waals surface area (Å²) in [7, 11) is 1.78. The van der Waals surface area contributed by atoms with Gasteiger partial charge in [-0.15, -0.1) is 0 Å². The molecule has 1 atom stereocenters. The maximum Gasteiger partial charge on any atom is 0.142 e. The molecule has 2 rings (SSSR count). The lowest BCUT2D eigenvalue weighted by molar-refractivity contribution is 0.602. The molecule has 0 aliphatic heterocycles. The topological polar surface area (TPSA) is 12.0 Å². The van der Waals surface area contributed by atoms with E-state index in [4.69, 9.17) is 11.6 Å². The van der Waals surface area contributed by atoms with Crippen molar-refractivity contribution in [3.63, 3.8) is 0 Å². The predicted molar refractivity (Wildman–Crippen MR) is 78.2 cm³/mol. The zero-order valence-corrected chi connectivity index (χ0v) is 12.4. The minimum atomic E-state index is -0.458. The second-order valence-corrected chi connectivity index (χ2v) is 5.27. The van der Waals surface area contributed by atoms with Crippen LogP contribution in [0.4, 0.5) is 8.78 Å². The first-order valence-electron chi connectivity index (χ1n) is 6.33. The lowest BCUT2D eigenvalue weighted by Crippen LogP contribution is -2.18. The van der Waals surface area contributed by atoms with Gasteiger partial charge in [-0.3, -0.25) is 0 Å². The van der Waals surface area contributed by atoms with E-state index in [9.17, 15) is 8.78 Å². The summed E-state index contributed by atoms with van der Waals surface area (Å²) in [5.41, 5.74) is 2.80. The number of halogens is 3. The molecule has 0 aliphatic rings. The largest absolute Gasteiger partial charge is 0.309 e. The Labute approximate surface area is 122 Å². The second-order valence-electron chi connectivity index (χ2n) is 4.86. The van der Waals surface area contributed by atoms with Crippen LogP contribution in [0.2, 0.25) is 5.02 Å². The molecule has 20 heavy (non-hydrogen) atoms. The van der Waals surface area contributed by atoms with Gasteiger partial charge in [-0.2, -0.15) is 0 Å². The third kappa shape index (κ3) is 2.84. The third-order valence-corrected chi connectivity index (χ3v) is 3.66. The highest BCUT2D eigenvalue weighted by molar-refractivity contribution is 6.30. The van der Waals surface area contributed by atoms with Crippen molar-refractivity contribution in [3.8, 4) is 0 Å². The summed E-state index contributed by atoms with van der Waals surface area (Å²) in [5.74, 6) is -0.661. The Morgan fingerprint density at radius 1 is 1.00 bits per heavy atom. The molecule has 1 N–H and O–H groups in total. The Bertz CT molecular complexity index is 617. The quantitative estimate of drug-likeness (QED) is 0.876. The maximum absolute atomic E-state index is 13.7. The van der Waals surface area contributed by atoms with E-state index in [-0.39, 0.29) is 16.9 Å². The number of aryl methyl sites for hydroxylation is 2. The minimum Gasteiger partial charge on any atom is -0.309 e. The van der Waals surface area contributed by atoms with Crippen molar-refractivity contribution in [2.24, 2.45) is 0 Å². The molecule has 0 fully saturated rings. The first kappa shape index (κ1) is 14.9. The highest BCUT2D eigenvalue weighted by atomic mass is 35.5. The van der Waals surface area contributed by atoms with Crippen molar-refractivity contribution >= 4 is 11.6 Å². The van der Waals surface area contributed by atoms with Gasteiger partial charge >= 0.3 is 0 Å². The first-order chi connectivity index (χ1) is 9.43. The first-order valence-corrected chi connectivity index (χ1v) is 6.70. The molecule has 0 saturated heterocycles. The summed E-state index contributed by atoms with van der Waals surface area (Å²) in [6.07, 6.45) is 0. The molecule has 0 heterocycles. The molecule has 1 nitrogen and oxygen atoms in total. The molecule has 0 saturated carbocycles. The van der Waals surface area contributed by atoms with Crippen LogP contribution in [0, 0.1) is 25.5 Å². The predicted octanol–water partition coefficient (Wildman–Crippen LogP) is 4.54. The highest BCUT2D eigenvalue weighted by Crippen LogP contribution is 2.27. The molecule has 0 amide bonds. The molecule has 0 radical (unpaired) electrons. The smallest absolute Gasteiger partial charge is 0.142 e. The monoisotopic (exact) mass is 295 g/mol. The number of hydrogen-bond acceptors (Lipinski definition) is 1. The van der Waals surface area contributed by atoms with Gasteiger partial charge in [0.05, 0.1) is 11.1 Å². The van der Waals surface area contributed by atoms with Crippen molar-refractivity contribution in [2.45, 2.75) is 19.9 Å². The van der Waals surface area contributed by atoms with Gasteiger partial charge in [0.2, 0.25) is 0 Å². The molecule has 0 spiro atoms. The van der Waals surface area contributed by atoms with Crippen LogP contribution in [0.1, 0.15) is 28.3 Å². The van der Waals surface area contributed by atoms with Gasteiger partial charge in [-0.1, -0.05) is 29.8 Å². The molecular weight excluding hydrogens is 280 g/mol. The number of benzene rings is 2. The molecule has 0 aliphatic carbocycles. The van der Waals surface area contributed by atoms with Crippen molar-refractivity contribution < 1.29 is 8.78 Å².